The number of hydrogen-bond donors (Lipinski definition) is 1. The fourth-order valence-corrected chi connectivity index (χ4v) is 4.25. The van der Waals surface area contributed by atoms with Crippen molar-refractivity contribution in [3.8, 4) is 5.75 Å². The average Bonchev–Trinajstić information content (AvgIpc) is 2.84. The van der Waals surface area contributed by atoms with Crippen molar-refractivity contribution in [2.75, 3.05) is 37.4 Å². The Balaban J connectivity index is 1.43. The van der Waals surface area contributed by atoms with Gasteiger partial charge < -0.3 is 19.9 Å². The zero-order valence-corrected chi connectivity index (χ0v) is 20.5. The van der Waals surface area contributed by atoms with Gasteiger partial charge in [0.2, 0.25) is 11.9 Å². The minimum absolute atomic E-state index is 0.211. The maximum Gasteiger partial charge on any atom is 0.248 e. The number of nitrogens with zero attached hydrogens (tertiary/aromatic N) is 4. The van der Waals surface area contributed by atoms with Crippen LogP contribution < -0.4 is 15.0 Å². The summed E-state index contributed by atoms with van der Waals surface area (Å²) in [5, 5.41) is 3.85. The first-order valence-electron chi connectivity index (χ1n) is 11.3. The average molecular weight is 476 g/mol. The number of hydrogen-bond acceptors (Lipinski definition) is 7. The highest BCUT2D eigenvalue weighted by Gasteiger charge is 2.22. The Kier molecular flexibility index (Phi) is 7.49. The Morgan fingerprint density at radius 1 is 1.15 bits per heavy atom. The van der Waals surface area contributed by atoms with Crippen molar-refractivity contribution < 1.29 is 9.53 Å². The molecule has 2 heterocycles. The van der Waals surface area contributed by atoms with E-state index in [0.717, 1.165) is 54.0 Å². The van der Waals surface area contributed by atoms with Crippen LogP contribution in [0.2, 0.25) is 0 Å². The van der Waals surface area contributed by atoms with Crippen LogP contribution in [-0.2, 0) is 4.79 Å². The Morgan fingerprint density at radius 3 is 2.56 bits per heavy atom. The molecule has 176 valence electrons. The van der Waals surface area contributed by atoms with Crippen LogP contribution in [0.5, 0.6) is 5.75 Å². The van der Waals surface area contributed by atoms with Crippen LogP contribution in [0.1, 0.15) is 24.1 Å². The summed E-state index contributed by atoms with van der Waals surface area (Å²) in [5.74, 6) is 1.23. The van der Waals surface area contributed by atoms with Crippen LogP contribution in [0.4, 0.5) is 11.6 Å². The van der Waals surface area contributed by atoms with E-state index in [1.807, 2.05) is 37.3 Å². The van der Waals surface area contributed by atoms with Gasteiger partial charge in [0.05, 0.1) is 11.2 Å². The minimum Gasteiger partial charge on any atom is -0.454 e. The Labute approximate surface area is 205 Å². The lowest BCUT2D eigenvalue weighted by Gasteiger charge is -2.35. The first-order valence-corrected chi connectivity index (χ1v) is 11.8. The molecule has 7 nitrogen and oxygen atoms in total. The van der Waals surface area contributed by atoms with Gasteiger partial charge >= 0.3 is 0 Å². The van der Waals surface area contributed by atoms with Crippen LogP contribution in [-0.4, -0.2) is 59.6 Å². The van der Waals surface area contributed by atoms with E-state index in [4.69, 9.17) is 14.7 Å². The summed E-state index contributed by atoms with van der Waals surface area (Å²) in [6.45, 7) is 3.90. The zero-order valence-electron chi connectivity index (χ0n) is 19.7. The number of aryl methyl sites for hydroxylation is 1. The third-order valence-electron chi connectivity index (χ3n) is 6.11. The van der Waals surface area contributed by atoms with Gasteiger partial charge in [-0.3, -0.25) is 4.79 Å². The number of nitrogens with one attached hydrogen (secondary N) is 1. The smallest absolute Gasteiger partial charge is 0.248 e. The van der Waals surface area contributed by atoms with Crippen molar-refractivity contribution in [2.24, 2.45) is 0 Å². The van der Waals surface area contributed by atoms with Crippen molar-refractivity contribution in [2.45, 2.75) is 25.8 Å². The number of carbonyl (C=O) groups excluding carboxylic acids is 1. The van der Waals surface area contributed by atoms with Gasteiger partial charge in [-0.25, -0.2) is 9.97 Å². The molecule has 1 aliphatic heterocycles. The highest BCUT2D eigenvalue weighted by atomic mass is 32.1. The van der Waals surface area contributed by atoms with E-state index in [1.165, 1.54) is 11.6 Å². The number of piperidine rings is 1. The maximum absolute atomic E-state index is 12.4. The summed E-state index contributed by atoms with van der Waals surface area (Å²) >= 11 is 4.67. The van der Waals surface area contributed by atoms with E-state index in [0.29, 0.717) is 17.5 Å². The van der Waals surface area contributed by atoms with Gasteiger partial charge in [-0.15, -0.1) is 0 Å². The van der Waals surface area contributed by atoms with Crippen LogP contribution in [0, 0.1) is 6.92 Å². The van der Waals surface area contributed by atoms with E-state index in [-0.39, 0.29) is 5.91 Å². The number of amides is 1. The van der Waals surface area contributed by atoms with Crippen LogP contribution in [0.25, 0.3) is 17.0 Å². The first kappa shape index (κ1) is 23.8. The molecule has 0 saturated carbocycles. The zero-order chi connectivity index (χ0) is 24.1. The molecule has 4 rings (SSSR count). The Morgan fingerprint density at radius 2 is 1.88 bits per heavy atom. The highest BCUT2D eigenvalue weighted by molar-refractivity contribution is 7.78. The lowest BCUT2D eigenvalue weighted by atomic mass is 10.0. The van der Waals surface area contributed by atoms with Crippen molar-refractivity contribution in [1.29, 1.82) is 0 Å². The molecule has 0 spiro atoms. The Bertz CT molecular complexity index is 1200. The summed E-state index contributed by atoms with van der Waals surface area (Å²) in [5.41, 5.74) is 4.59. The molecule has 2 aromatic carbocycles. The van der Waals surface area contributed by atoms with E-state index in [2.05, 4.69) is 41.4 Å². The predicted octanol–water partition coefficient (Wildman–Crippen LogP) is 4.46. The second-order valence-corrected chi connectivity index (χ2v) is 8.82. The third-order valence-corrected chi connectivity index (χ3v) is 6.21. The molecule has 1 aromatic heterocycles. The van der Waals surface area contributed by atoms with Crippen LogP contribution in [0.3, 0.4) is 0 Å². The molecule has 0 radical (unpaired) electrons. The van der Waals surface area contributed by atoms with Gasteiger partial charge in [-0.1, -0.05) is 12.1 Å². The SMILES string of the molecule is Cc1nc(N2CCC(N(C)C)CC2)nc2ccc(NC(=O)C=Cc3ccc(OC=S)cc3)cc12. The van der Waals surface area contributed by atoms with E-state index >= 15 is 0 Å². The lowest BCUT2D eigenvalue weighted by molar-refractivity contribution is -0.111. The maximum atomic E-state index is 12.4. The second-order valence-electron chi connectivity index (χ2n) is 8.63. The minimum atomic E-state index is -0.211. The molecular weight excluding hydrogens is 446 g/mol. The fraction of sp³-hybridized carbons (Fsp3) is 0.308. The van der Waals surface area contributed by atoms with E-state index < -0.39 is 0 Å². The number of rotatable bonds is 7. The molecule has 1 fully saturated rings. The molecule has 1 saturated heterocycles. The Hall–Kier alpha value is -3.36. The molecule has 1 amide bonds. The molecule has 3 aromatic rings. The van der Waals surface area contributed by atoms with Crippen molar-refractivity contribution in [1.82, 2.24) is 14.9 Å². The van der Waals surface area contributed by atoms with Crippen LogP contribution >= 0.6 is 12.2 Å². The van der Waals surface area contributed by atoms with Gasteiger partial charge in [-0.2, -0.15) is 0 Å². The van der Waals surface area contributed by atoms with Crippen molar-refractivity contribution in [3.05, 3.63) is 59.8 Å². The van der Waals surface area contributed by atoms with Gasteiger partial charge in [0.1, 0.15) is 5.75 Å². The van der Waals surface area contributed by atoms with Crippen molar-refractivity contribution in [3.63, 3.8) is 0 Å². The van der Waals surface area contributed by atoms with E-state index in [1.54, 1.807) is 18.2 Å². The highest BCUT2D eigenvalue weighted by Crippen LogP contribution is 2.25. The topological polar surface area (TPSA) is 70.6 Å². The summed E-state index contributed by atoms with van der Waals surface area (Å²) in [7, 11) is 4.28. The van der Waals surface area contributed by atoms with Gasteiger partial charge in [0.25, 0.3) is 0 Å². The molecule has 0 aliphatic carbocycles. The summed E-state index contributed by atoms with van der Waals surface area (Å²) in [6.07, 6.45) is 5.47. The van der Waals surface area contributed by atoms with Crippen molar-refractivity contribution >= 4 is 52.3 Å². The number of thiocarbonyl (C=S) groups is 1. The largest absolute Gasteiger partial charge is 0.454 e. The van der Waals surface area contributed by atoms with Gasteiger partial charge in [-0.05, 0) is 88.0 Å². The fourth-order valence-electron chi connectivity index (χ4n) is 4.14. The summed E-state index contributed by atoms with van der Waals surface area (Å²) in [4.78, 5) is 26.6. The van der Waals surface area contributed by atoms with Gasteiger partial charge in [0.15, 0.2) is 5.55 Å². The standard InChI is InChI=1S/C26H29N5O2S/c1-18-23-16-20(28-25(32)11-6-19-4-8-22(9-5-19)33-17-34)7-10-24(23)29-26(27-18)31-14-12-21(13-15-31)30(2)3/h4-11,16-17,21H,12-15H2,1-3H3,(H,28,32). The summed E-state index contributed by atoms with van der Waals surface area (Å²) in [6, 6.07) is 13.7. The molecule has 0 bridgehead atoms. The number of benzene rings is 2. The third kappa shape index (κ3) is 5.76. The van der Waals surface area contributed by atoms with E-state index in [9.17, 15) is 4.79 Å². The molecule has 8 heteroatoms. The number of ether oxygens (including phenoxy) is 1. The predicted molar refractivity (Wildman–Crippen MR) is 142 cm³/mol. The van der Waals surface area contributed by atoms with Gasteiger partial charge in [0, 0.05) is 36.3 Å². The monoisotopic (exact) mass is 475 g/mol. The lowest BCUT2D eigenvalue weighted by Crippen LogP contribution is -2.42. The number of fused-ring (bicyclic) bond motifs is 1. The normalized spacial score (nSPS) is 14.6. The molecule has 0 atom stereocenters. The molecule has 1 N–H and O–H groups in total. The molecule has 0 unspecified atom stereocenters. The second kappa shape index (κ2) is 10.7. The van der Waals surface area contributed by atoms with Crippen LogP contribution in [0.15, 0.2) is 48.5 Å². The number of carbonyl (C=O) groups is 1. The summed E-state index contributed by atoms with van der Waals surface area (Å²) < 4.78 is 5.14. The number of aromatic nitrogens is 2. The first-order chi connectivity index (χ1) is 16.4. The molecular formula is C26H29N5O2S. The number of anilines is 2. The molecule has 1 aliphatic rings. The quantitative estimate of drug-likeness (QED) is 0.400. The molecule has 34 heavy (non-hydrogen) atoms.